The lowest BCUT2D eigenvalue weighted by Gasteiger charge is -2.07. The van der Waals surface area contributed by atoms with Crippen molar-refractivity contribution in [1.29, 1.82) is 5.26 Å². The predicted molar refractivity (Wildman–Crippen MR) is 91.4 cm³/mol. The quantitative estimate of drug-likeness (QED) is 0.575. The fourth-order valence-electron chi connectivity index (χ4n) is 1.80. The van der Waals surface area contributed by atoms with Crippen LogP contribution in [0.1, 0.15) is 18.9 Å². The molecule has 0 spiro atoms. The van der Waals surface area contributed by atoms with Gasteiger partial charge in [0.1, 0.15) is 11.1 Å². The van der Waals surface area contributed by atoms with Gasteiger partial charge >= 0.3 is 5.97 Å². The van der Waals surface area contributed by atoms with E-state index in [9.17, 15) is 10.1 Å². The number of ether oxygens (including phenoxy) is 1. The molecule has 23 heavy (non-hydrogen) atoms. The van der Waals surface area contributed by atoms with Crippen LogP contribution in [0.5, 0.6) is 0 Å². The zero-order valence-corrected chi connectivity index (χ0v) is 14.2. The van der Waals surface area contributed by atoms with Gasteiger partial charge in [0.25, 0.3) is 0 Å². The van der Waals surface area contributed by atoms with E-state index in [0.29, 0.717) is 22.2 Å². The van der Waals surface area contributed by atoms with Gasteiger partial charge in [-0.25, -0.2) is 4.98 Å². The lowest BCUT2D eigenvalue weighted by Crippen LogP contribution is -2.08. The number of hydrogen-bond donors (Lipinski definition) is 0. The van der Waals surface area contributed by atoms with E-state index in [1.165, 1.54) is 11.8 Å². The van der Waals surface area contributed by atoms with Crippen LogP contribution in [0.4, 0.5) is 0 Å². The number of carbonyl (C=O) groups is 1. The van der Waals surface area contributed by atoms with Crippen LogP contribution >= 0.6 is 23.4 Å². The molecule has 0 aliphatic heterocycles. The highest BCUT2D eigenvalue weighted by Crippen LogP contribution is 2.26. The molecule has 1 aromatic carbocycles. The number of halogens is 1. The molecule has 0 aliphatic rings. The summed E-state index contributed by atoms with van der Waals surface area (Å²) in [5, 5.41) is 10.4. The molecule has 4 nitrogen and oxygen atoms in total. The molecule has 1 aromatic heterocycles. The Morgan fingerprint density at radius 1 is 1.30 bits per heavy atom. The van der Waals surface area contributed by atoms with Gasteiger partial charge in [0.05, 0.1) is 23.6 Å². The number of rotatable bonds is 6. The van der Waals surface area contributed by atoms with E-state index >= 15 is 0 Å². The maximum Gasteiger partial charge on any atom is 0.316 e. The highest BCUT2D eigenvalue weighted by atomic mass is 35.5. The first kappa shape index (κ1) is 17.3. The number of benzene rings is 1. The van der Waals surface area contributed by atoms with Crippen molar-refractivity contribution in [3.8, 4) is 17.3 Å². The van der Waals surface area contributed by atoms with Crippen LogP contribution in [-0.2, 0) is 9.53 Å². The van der Waals surface area contributed by atoms with Crippen LogP contribution in [0.2, 0.25) is 5.02 Å². The fraction of sp³-hybridized carbons (Fsp3) is 0.235. The SMILES string of the molecule is CCCOC(=O)CSc1nc(-c2ccc(Cl)cc2)ccc1C#N. The molecule has 0 radical (unpaired) electrons. The van der Waals surface area contributed by atoms with Crippen molar-refractivity contribution in [3.63, 3.8) is 0 Å². The summed E-state index contributed by atoms with van der Waals surface area (Å²) in [6, 6.07) is 12.9. The van der Waals surface area contributed by atoms with E-state index in [2.05, 4.69) is 11.1 Å². The molecular formula is C17H15ClN2O2S. The maximum absolute atomic E-state index is 11.6. The minimum absolute atomic E-state index is 0.131. The monoisotopic (exact) mass is 346 g/mol. The third kappa shape index (κ3) is 4.98. The van der Waals surface area contributed by atoms with Crippen LogP contribution in [0.3, 0.4) is 0 Å². The van der Waals surface area contributed by atoms with E-state index in [0.717, 1.165) is 17.7 Å². The Bertz CT molecular complexity index is 726. The Kier molecular flexibility index (Phi) is 6.45. The minimum Gasteiger partial charge on any atom is -0.465 e. The van der Waals surface area contributed by atoms with Crippen LogP contribution < -0.4 is 0 Å². The summed E-state index contributed by atoms with van der Waals surface area (Å²) in [5.41, 5.74) is 2.07. The molecule has 118 valence electrons. The maximum atomic E-state index is 11.6. The minimum atomic E-state index is -0.306. The van der Waals surface area contributed by atoms with Crippen LogP contribution in [0, 0.1) is 11.3 Å². The van der Waals surface area contributed by atoms with Gasteiger partial charge in [0.15, 0.2) is 0 Å². The van der Waals surface area contributed by atoms with E-state index in [1.807, 2.05) is 19.1 Å². The Balaban J connectivity index is 2.17. The number of thioether (sulfide) groups is 1. The summed E-state index contributed by atoms with van der Waals surface area (Å²) in [6.07, 6.45) is 0.782. The average molecular weight is 347 g/mol. The molecule has 2 aromatic rings. The number of nitriles is 1. The van der Waals surface area contributed by atoms with Gasteiger partial charge in [-0.3, -0.25) is 4.79 Å². The van der Waals surface area contributed by atoms with Gasteiger partial charge in [-0.05, 0) is 30.7 Å². The molecule has 0 fully saturated rings. The normalized spacial score (nSPS) is 10.1. The highest BCUT2D eigenvalue weighted by Gasteiger charge is 2.11. The third-order valence-electron chi connectivity index (χ3n) is 2.91. The van der Waals surface area contributed by atoms with Gasteiger partial charge in [0, 0.05) is 10.6 Å². The highest BCUT2D eigenvalue weighted by molar-refractivity contribution is 7.99. The first-order valence-corrected chi connectivity index (χ1v) is 8.46. The van der Waals surface area contributed by atoms with E-state index in [4.69, 9.17) is 16.3 Å². The second-order valence-corrected chi connectivity index (χ2v) is 6.08. The molecule has 0 saturated carbocycles. The van der Waals surface area contributed by atoms with Crippen molar-refractivity contribution in [2.75, 3.05) is 12.4 Å². The summed E-state index contributed by atoms with van der Waals surface area (Å²) in [5.74, 6) is -0.175. The lowest BCUT2D eigenvalue weighted by molar-refractivity contribution is -0.140. The van der Waals surface area contributed by atoms with Gasteiger partial charge in [0.2, 0.25) is 0 Å². The van der Waals surface area contributed by atoms with Gasteiger partial charge < -0.3 is 4.74 Å². The fourth-order valence-corrected chi connectivity index (χ4v) is 2.70. The number of esters is 1. The van der Waals surface area contributed by atoms with E-state index in [-0.39, 0.29) is 11.7 Å². The summed E-state index contributed by atoms with van der Waals surface area (Å²) in [7, 11) is 0. The van der Waals surface area contributed by atoms with E-state index < -0.39 is 0 Å². The summed E-state index contributed by atoms with van der Waals surface area (Å²) in [4.78, 5) is 16.1. The molecule has 1 heterocycles. The molecule has 2 rings (SSSR count). The molecular weight excluding hydrogens is 332 g/mol. The molecule has 0 unspecified atom stereocenters. The average Bonchev–Trinajstić information content (AvgIpc) is 2.58. The number of aromatic nitrogens is 1. The Morgan fingerprint density at radius 2 is 2.04 bits per heavy atom. The number of pyridine rings is 1. The van der Waals surface area contributed by atoms with Crippen molar-refractivity contribution in [1.82, 2.24) is 4.98 Å². The Hall–Kier alpha value is -2.03. The first-order chi connectivity index (χ1) is 11.1. The van der Waals surface area contributed by atoms with Crippen molar-refractivity contribution in [2.24, 2.45) is 0 Å². The summed E-state index contributed by atoms with van der Waals surface area (Å²) >= 11 is 7.09. The molecule has 0 amide bonds. The smallest absolute Gasteiger partial charge is 0.316 e. The van der Waals surface area contributed by atoms with E-state index in [1.54, 1.807) is 24.3 Å². The Morgan fingerprint density at radius 3 is 2.70 bits per heavy atom. The molecule has 0 saturated heterocycles. The number of nitrogens with zero attached hydrogens (tertiary/aromatic N) is 2. The number of hydrogen-bond acceptors (Lipinski definition) is 5. The van der Waals surface area contributed by atoms with Gasteiger partial charge in [-0.2, -0.15) is 5.26 Å². The van der Waals surface area contributed by atoms with Gasteiger partial charge in [-0.15, -0.1) is 0 Å². The van der Waals surface area contributed by atoms with Crippen LogP contribution in [0.25, 0.3) is 11.3 Å². The molecule has 0 bridgehead atoms. The van der Waals surface area contributed by atoms with Gasteiger partial charge in [-0.1, -0.05) is 42.4 Å². The second-order valence-electron chi connectivity index (χ2n) is 4.68. The second kappa shape index (κ2) is 8.56. The zero-order valence-electron chi connectivity index (χ0n) is 12.6. The number of carbonyl (C=O) groups excluding carboxylic acids is 1. The van der Waals surface area contributed by atoms with Crippen molar-refractivity contribution >= 4 is 29.3 Å². The largest absolute Gasteiger partial charge is 0.465 e. The van der Waals surface area contributed by atoms with Crippen molar-refractivity contribution < 1.29 is 9.53 Å². The predicted octanol–water partition coefficient (Wildman–Crippen LogP) is 4.32. The topological polar surface area (TPSA) is 63.0 Å². The van der Waals surface area contributed by atoms with Crippen molar-refractivity contribution in [2.45, 2.75) is 18.4 Å². The van der Waals surface area contributed by atoms with Crippen molar-refractivity contribution in [3.05, 3.63) is 47.0 Å². The molecule has 0 N–H and O–H groups in total. The van der Waals surface area contributed by atoms with Crippen LogP contribution in [-0.4, -0.2) is 23.3 Å². The van der Waals surface area contributed by atoms with Crippen LogP contribution in [0.15, 0.2) is 41.4 Å². The first-order valence-electron chi connectivity index (χ1n) is 7.09. The molecule has 6 heteroatoms. The summed E-state index contributed by atoms with van der Waals surface area (Å²) in [6.45, 7) is 2.34. The lowest BCUT2D eigenvalue weighted by atomic mass is 10.1. The molecule has 0 aliphatic carbocycles. The summed E-state index contributed by atoms with van der Waals surface area (Å²) < 4.78 is 5.03. The standard InChI is InChI=1S/C17H15ClN2O2S/c1-2-9-22-16(21)11-23-17-13(10-19)5-8-15(20-17)12-3-6-14(18)7-4-12/h3-8H,2,9,11H2,1H3. The zero-order chi connectivity index (χ0) is 16.7. The Labute approximate surface area is 144 Å². The molecule has 0 atom stereocenters. The third-order valence-corrected chi connectivity index (χ3v) is 4.13.